The Morgan fingerprint density at radius 3 is 2.24 bits per heavy atom. The minimum atomic E-state index is -0.698. The first-order valence-electron chi connectivity index (χ1n) is 8.65. The number of unbranched alkanes of at least 4 members (excludes halogenated alkanes) is 1. The molecule has 0 saturated heterocycles. The van der Waals surface area contributed by atoms with Gasteiger partial charge in [-0.2, -0.15) is 0 Å². The predicted octanol–water partition coefficient (Wildman–Crippen LogP) is 4.19. The van der Waals surface area contributed by atoms with E-state index in [0.717, 1.165) is 45.1 Å². The molecule has 0 atom stereocenters. The van der Waals surface area contributed by atoms with Gasteiger partial charge in [0.15, 0.2) is 0 Å². The third kappa shape index (κ3) is 5.57. The lowest BCUT2D eigenvalue weighted by Gasteiger charge is -2.30. The van der Waals surface area contributed by atoms with Crippen molar-refractivity contribution in [3.05, 3.63) is 0 Å². The number of esters is 1. The van der Waals surface area contributed by atoms with Gasteiger partial charge in [-0.3, -0.25) is 4.79 Å². The average Bonchev–Trinajstić information content (AvgIpc) is 2.50. The average molecular weight is 300 g/mol. The van der Waals surface area contributed by atoms with E-state index >= 15 is 0 Å². The first kappa shape index (κ1) is 16.7. The van der Waals surface area contributed by atoms with Crippen molar-refractivity contribution >= 4 is 5.97 Å². The number of alkyl halides is 1. The van der Waals surface area contributed by atoms with Crippen molar-refractivity contribution in [2.24, 2.45) is 5.92 Å². The van der Waals surface area contributed by atoms with Crippen LogP contribution in [-0.2, 0) is 14.3 Å². The molecule has 0 spiro atoms. The molecule has 122 valence electrons. The van der Waals surface area contributed by atoms with E-state index < -0.39 is 6.17 Å². The Morgan fingerprint density at radius 1 is 1.00 bits per heavy atom. The Kier molecular flexibility index (Phi) is 6.94. The van der Waals surface area contributed by atoms with Gasteiger partial charge < -0.3 is 9.47 Å². The van der Waals surface area contributed by atoms with E-state index in [2.05, 4.69) is 6.92 Å². The van der Waals surface area contributed by atoms with Crippen molar-refractivity contribution in [1.82, 2.24) is 0 Å². The van der Waals surface area contributed by atoms with E-state index in [0.29, 0.717) is 31.8 Å². The summed E-state index contributed by atoms with van der Waals surface area (Å²) in [4.78, 5) is 12.2. The Labute approximate surface area is 127 Å². The van der Waals surface area contributed by atoms with Gasteiger partial charge in [0.05, 0.1) is 12.0 Å². The van der Waals surface area contributed by atoms with E-state index in [9.17, 15) is 9.18 Å². The zero-order valence-corrected chi connectivity index (χ0v) is 13.2. The lowest BCUT2D eigenvalue weighted by atomic mass is 9.87. The summed E-state index contributed by atoms with van der Waals surface area (Å²) in [6, 6.07) is 0. The van der Waals surface area contributed by atoms with E-state index in [1.165, 1.54) is 0 Å². The zero-order valence-electron chi connectivity index (χ0n) is 13.2. The number of carbonyl (C=O) groups is 1. The summed E-state index contributed by atoms with van der Waals surface area (Å²) < 4.78 is 24.5. The summed E-state index contributed by atoms with van der Waals surface area (Å²) in [5, 5.41) is 0. The smallest absolute Gasteiger partial charge is 0.309 e. The lowest BCUT2D eigenvalue weighted by Crippen LogP contribution is -2.32. The molecule has 2 saturated carbocycles. The minimum Gasteiger partial charge on any atom is -0.462 e. The number of halogens is 1. The van der Waals surface area contributed by atoms with Crippen molar-refractivity contribution in [3.8, 4) is 0 Å². The first-order chi connectivity index (χ1) is 10.2. The van der Waals surface area contributed by atoms with Crippen LogP contribution in [0.3, 0.4) is 0 Å². The quantitative estimate of drug-likeness (QED) is 0.545. The van der Waals surface area contributed by atoms with Crippen molar-refractivity contribution in [2.45, 2.75) is 89.5 Å². The van der Waals surface area contributed by atoms with Crippen LogP contribution in [0.1, 0.15) is 71.1 Å². The Morgan fingerprint density at radius 2 is 1.62 bits per heavy atom. The van der Waals surface area contributed by atoms with Gasteiger partial charge in [0.2, 0.25) is 0 Å². The molecule has 2 aliphatic rings. The summed E-state index contributed by atoms with van der Waals surface area (Å²) in [7, 11) is 0. The van der Waals surface area contributed by atoms with Crippen molar-refractivity contribution in [1.29, 1.82) is 0 Å². The second-order valence-electron chi connectivity index (χ2n) is 6.51. The molecular weight excluding hydrogens is 271 g/mol. The minimum absolute atomic E-state index is 0.0270. The molecule has 0 bridgehead atoms. The van der Waals surface area contributed by atoms with Crippen LogP contribution in [0.2, 0.25) is 0 Å². The SMILES string of the molecule is CCCCOC1CCC(C(=O)OC2CCC(F)CC2)CC1. The normalized spacial score (nSPS) is 33.6. The molecule has 21 heavy (non-hydrogen) atoms. The third-order valence-electron chi connectivity index (χ3n) is 4.75. The molecule has 2 aliphatic carbocycles. The first-order valence-corrected chi connectivity index (χ1v) is 8.65. The molecule has 0 aromatic rings. The standard InChI is InChI=1S/C17H29FO3/c1-2-3-12-20-15-8-4-13(5-9-15)17(19)21-16-10-6-14(18)7-11-16/h13-16H,2-12H2,1H3. The van der Waals surface area contributed by atoms with Gasteiger partial charge in [-0.1, -0.05) is 13.3 Å². The molecule has 0 aliphatic heterocycles. The van der Waals surface area contributed by atoms with Crippen LogP contribution in [0, 0.1) is 5.92 Å². The molecule has 0 aromatic heterocycles. The van der Waals surface area contributed by atoms with Crippen LogP contribution >= 0.6 is 0 Å². The highest BCUT2D eigenvalue weighted by atomic mass is 19.1. The Hall–Kier alpha value is -0.640. The van der Waals surface area contributed by atoms with Gasteiger partial charge >= 0.3 is 5.97 Å². The van der Waals surface area contributed by atoms with E-state index in [1.54, 1.807) is 0 Å². The van der Waals surface area contributed by atoms with Gasteiger partial charge in [0, 0.05) is 6.61 Å². The summed E-state index contributed by atoms with van der Waals surface area (Å²) >= 11 is 0. The van der Waals surface area contributed by atoms with Crippen LogP contribution in [-0.4, -0.2) is 31.0 Å². The van der Waals surface area contributed by atoms with Crippen molar-refractivity contribution < 1.29 is 18.7 Å². The molecule has 2 rings (SSSR count). The van der Waals surface area contributed by atoms with Gasteiger partial charge in [0.25, 0.3) is 0 Å². The van der Waals surface area contributed by atoms with Crippen molar-refractivity contribution in [2.75, 3.05) is 6.61 Å². The molecule has 0 N–H and O–H groups in total. The van der Waals surface area contributed by atoms with Gasteiger partial charge in [-0.15, -0.1) is 0 Å². The van der Waals surface area contributed by atoms with E-state index in [1.807, 2.05) is 0 Å². The van der Waals surface area contributed by atoms with Crippen LogP contribution in [0.15, 0.2) is 0 Å². The van der Waals surface area contributed by atoms with Crippen LogP contribution in [0.25, 0.3) is 0 Å². The molecule has 4 heteroatoms. The predicted molar refractivity (Wildman–Crippen MR) is 79.9 cm³/mol. The number of hydrogen-bond donors (Lipinski definition) is 0. The summed E-state index contributed by atoms with van der Waals surface area (Å²) in [5.41, 5.74) is 0. The maximum absolute atomic E-state index is 13.1. The lowest BCUT2D eigenvalue weighted by molar-refractivity contribution is -0.158. The molecule has 2 fully saturated rings. The Bertz CT molecular complexity index is 305. The maximum Gasteiger partial charge on any atom is 0.309 e. The van der Waals surface area contributed by atoms with Crippen LogP contribution in [0.4, 0.5) is 4.39 Å². The van der Waals surface area contributed by atoms with Crippen LogP contribution in [0.5, 0.6) is 0 Å². The highest BCUT2D eigenvalue weighted by Crippen LogP contribution is 2.30. The van der Waals surface area contributed by atoms with Crippen LogP contribution < -0.4 is 0 Å². The number of rotatable bonds is 6. The van der Waals surface area contributed by atoms with E-state index in [-0.39, 0.29) is 18.0 Å². The summed E-state index contributed by atoms with van der Waals surface area (Å²) in [5.74, 6) is -0.0385. The molecule has 0 unspecified atom stereocenters. The maximum atomic E-state index is 13.1. The van der Waals surface area contributed by atoms with Gasteiger partial charge in [-0.05, 0) is 57.8 Å². The van der Waals surface area contributed by atoms with E-state index in [4.69, 9.17) is 9.47 Å². The summed E-state index contributed by atoms with van der Waals surface area (Å²) in [6.07, 6.45) is 7.93. The molecule has 0 aromatic carbocycles. The second kappa shape index (κ2) is 8.72. The molecule has 3 nitrogen and oxygen atoms in total. The molecular formula is C17H29FO3. The highest BCUT2D eigenvalue weighted by Gasteiger charge is 2.30. The number of carbonyl (C=O) groups excluding carboxylic acids is 1. The number of hydrogen-bond acceptors (Lipinski definition) is 3. The second-order valence-corrected chi connectivity index (χ2v) is 6.51. The number of ether oxygens (including phenoxy) is 2. The van der Waals surface area contributed by atoms with Gasteiger partial charge in [0.1, 0.15) is 12.3 Å². The van der Waals surface area contributed by atoms with Crippen molar-refractivity contribution in [3.63, 3.8) is 0 Å². The fraction of sp³-hybridized carbons (Fsp3) is 0.941. The molecule has 0 amide bonds. The third-order valence-corrected chi connectivity index (χ3v) is 4.75. The fourth-order valence-corrected chi connectivity index (χ4v) is 3.26. The monoisotopic (exact) mass is 300 g/mol. The largest absolute Gasteiger partial charge is 0.462 e. The fourth-order valence-electron chi connectivity index (χ4n) is 3.26. The zero-order chi connectivity index (χ0) is 15.1. The molecule has 0 radical (unpaired) electrons. The Balaban J connectivity index is 1.63. The molecule has 0 heterocycles. The summed E-state index contributed by atoms with van der Waals surface area (Å²) in [6.45, 7) is 3.00. The van der Waals surface area contributed by atoms with Gasteiger partial charge in [-0.25, -0.2) is 4.39 Å². The highest BCUT2D eigenvalue weighted by molar-refractivity contribution is 5.72. The topological polar surface area (TPSA) is 35.5 Å².